The Labute approximate surface area is 167 Å². The fourth-order valence-corrected chi connectivity index (χ4v) is 4.98. The number of hydrogen-bond donors (Lipinski definition) is 0. The second kappa shape index (κ2) is 6.58. The van der Waals surface area contributed by atoms with Gasteiger partial charge in [-0.15, -0.1) is 0 Å². The van der Waals surface area contributed by atoms with Crippen LogP contribution >= 0.6 is 0 Å². The predicted molar refractivity (Wildman–Crippen MR) is 101 cm³/mol. The maximum absolute atomic E-state index is 13.6. The van der Waals surface area contributed by atoms with Crippen molar-refractivity contribution in [2.75, 3.05) is 20.1 Å². The Hall–Kier alpha value is -2.35. The van der Waals surface area contributed by atoms with Gasteiger partial charge in [0.15, 0.2) is 5.69 Å². The van der Waals surface area contributed by atoms with E-state index in [-0.39, 0.29) is 11.9 Å². The third kappa shape index (κ3) is 3.13. The van der Waals surface area contributed by atoms with Crippen molar-refractivity contribution in [1.29, 1.82) is 0 Å². The van der Waals surface area contributed by atoms with Crippen LogP contribution < -0.4 is 0 Å². The third-order valence-electron chi connectivity index (χ3n) is 6.42. The van der Waals surface area contributed by atoms with Gasteiger partial charge in [0.05, 0.1) is 11.4 Å². The number of likely N-dealkylation sites (tertiary alicyclic amines) is 1. The molecule has 1 amide bonds. The van der Waals surface area contributed by atoms with Gasteiger partial charge < -0.3 is 9.80 Å². The molecule has 2 aromatic rings. The number of alkyl halides is 3. The Bertz CT molecular complexity index is 981. The average molecular weight is 404 g/mol. The summed E-state index contributed by atoms with van der Waals surface area (Å²) in [6, 6.07) is 5.96. The number of nitrogens with zero attached hydrogens (tertiary/aromatic N) is 4. The number of benzene rings is 1. The average Bonchev–Trinajstić information content (AvgIpc) is 3.35. The summed E-state index contributed by atoms with van der Waals surface area (Å²) in [6.45, 7) is 1.84. The maximum atomic E-state index is 13.6. The molecule has 0 N–H and O–H groups in total. The molecule has 8 heteroatoms. The van der Waals surface area contributed by atoms with E-state index in [1.165, 1.54) is 10.2 Å². The first-order valence-electron chi connectivity index (χ1n) is 10.1. The molecule has 1 fully saturated rings. The zero-order valence-electron chi connectivity index (χ0n) is 16.3. The van der Waals surface area contributed by atoms with Crippen molar-refractivity contribution in [3.05, 3.63) is 46.3 Å². The minimum atomic E-state index is -4.46. The number of amides is 1. The number of rotatable bonds is 2. The molecule has 3 aliphatic rings. The van der Waals surface area contributed by atoms with E-state index in [9.17, 15) is 18.0 Å². The third-order valence-corrected chi connectivity index (χ3v) is 6.42. The Kier molecular flexibility index (Phi) is 4.24. The van der Waals surface area contributed by atoms with Gasteiger partial charge in [-0.25, -0.2) is 4.68 Å². The van der Waals surface area contributed by atoms with Crippen molar-refractivity contribution in [3.63, 3.8) is 0 Å². The molecular weight excluding hydrogens is 381 g/mol. The van der Waals surface area contributed by atoms with Crippen LogP contribution in [0.5, 0.6) is 0 Å². The molecule has 154 valence electrons. The van der Waals surface area contributed by atoms with Crippen molar-refractivity contribution >= 4 is 5.91 Å². The molecule has 1 atom stereocenters. The van der Waals surface area contributed by atoms with E-state index in [4.69, 9.17) is 0 Å². The number of halogens is 3. The fraction of sp³-hybridized carbons (Fsp3) is 0.524. The summed E-state index contributed by atoms with van der Waals surface area (Å²) in [5.41, 5.74) is 3.12. The van der Waals surface area contributed by atoms with Crippen LogP contribution in [0.3, 0.4) is 0 Å². The van der Waals surface area contributed by atoms with E-state index in [2.05, 4.69) is 5.10 Å². The first-order valence-corrected chi connectivity index (χ1v) is 10.1. The molecule has 3 heterocycles. The van der Waals surface area contributed by atoms with Crippen molar-refractivity contribution in [1.82, 2.24) is 19.6 Å². The SMILES string of the molecule is CN1CCc2c(C(F)(F)F)nn(-c3ccc4c(c3)C[C@H](N3CCCC3=O)C4)c2C1. The highest BCUT2D eigenvalue weighted by Gasteiger charge is 2.40. The molecule has 1 saturated heterocycles. The molecule has 29 heavy (non-hydrogen) atoms. The predicted octanol–water partition coefficient (Wildman–Crippen LogP) is 2.97. The van der Waals surface area contributed by atoms with Crippen LogP contribution in [0.25, 0.3) is 5.69 Å². The summed E-state index contributed by atoms with van der Waals surface area (Å²) in [5.74, 6) is 0.210. The lowest BCUT2D eigenvalue weighted by atomic mass is 10.0. The van der Waals surface area contributed by atoms with Gasteiger partial charge in [-0.05, 0) is 56.0 Å². The highest BCUT2D eigenvalue weighted by atomic mass is 19.4. The van der Waals surface area contributed by atoms with Crippen LogP contribution in [0.2, 0.25) is 0 Å². The van der Waals surface area contributed by atoms with E-state index >= 15 is 0 Å². The summed E-state index contributed by atoms with van der Waals surface area (Å²) in [4.78, 5) is 16.1. The van der Waals surface area contributed by atoms with Crippen molar-refractivity contribution < 1.29 is 18.0 Å². The molecule has 0 saturated carbocycles. The fourth-order valence-electron chi connectivity index (χ4n) is 4.98. The lowest BCUT2D eigenvalue weighted by molar-refractivity contribution is -0.142. The molecule has 0 unspecified atom stereocenters. The topological polar surface area (TPSA) is 41.4 Å². The van der Waals surface area contributed by atoms with E-state index < -0.39 is 11.9 Å². The number of carbonyl (C=O) groups is 1. The van der Waals surface area contributed by atoms with Gasteiger partial charge in [0.25, 0.3) is 0 Å². The summed E-state index contributed by atoms with van der Waals surface area (Å²) in [5, 5.41) is 4.00. The summed E-state index contributed by atoms with van der Waals surface area (Å²) < 4.78 is 42.1. The quantitative estimate of drug-likeness (QED) is 0.773. The second-order valence-electron chi connectivity index (χ2n) is 8.38. The van der Waals surface area contributed by atoms with Crippen LogP contribution in [0.1, 0.15) is 40.9 Å². The molecule has 5 nitrogen and oxygen atoms in total. The summed E-state index contributed by atoms with van der Waals surface area (Å²) in [6.07, 6.45) is -1.01. The Balaban J connectivity index is 1.51. The highest BCUT2D eigenvalue weighted by molar-refractivity contribution is 5.78. The first kappa shape index (κ1) is 18.7. The summed E-state index contributed by atoms with van der Waals surface area (Å²) >= 11 is 0. The standard InChI is InChI=1S/C21H23F3N4O/c1-26-8-6-17-18(12-26)28(25-20(17)21(22,23)24)15-5-4-13-9-16(11-14(13)10-15)27-7-2-3-19(27)29/h4-5,10,16H,2-3,6-9,11-12H2,1H3/t16-/m1/s1. The number of hydrogen-bond acceptors (Lipinski definition) is 3. The zero-order chi connectivity index (χ0) is 20.3. The largest absolute Gasteiger partial charge is 0.435 e. The van der Waals surface area contributed by atoms with Gasteiger partial charge in [0.2, 0.25) is 5.91 Å². The molecular formula is C21H23F3N4O. The van der Waals surface area contributed by atoms with Gasteiger partial charge in [-0.1, -0.05) is 6.07 Å². The molecule has 1 aliphatic carbocycles. The smallest absolute Gasteiger partial charge is 0.339 e. The van der Waals surface area contributed by atoms with Crippen LogP contribution in [0.4, 0.5) is 13.2 Å². The number of likely N-dealkylation sites (N-methyl/N-ethyl adjacent to an activating group) is 1. The minimum absolute atomic E-state index is 0.165. The molecule has 0 bridgehead atoms. The lowest BCUT2D eigenvalue weighted by Crippen LogP contribution is -2.36. The van der Waals surface area contributed by atoms with E-state index in [1.54, 1.807) is 0 Å². The van der Waals surface area contributed by atoms with Gasteiger partial charge >= 0.3 is 6.18 Å². The normalized spacial score (nSPS) is 22.3. The van der Waals surface area contributed by atoms with Crippen molar-refractivity contribution in [2.24, 2.45) is 0 Å². The van der Waals surface area contributed by atoms with Gasteiger partial charge in [0.1, 0.15) is 0 Å². The van der Waals surface area contributed by atoms with E-state index in [0.717, 1.165) is 31.4 Å². The van der Waals surface area contributed by atoms with Crippen molar-refractivity contribution in [3.8, 4) is 5.69 Å². The molecule has 1 aromatic carbocycles. The second-order valence-corrected chi connectivity index (χ2v) is 8.38. The Morgan fingerprint density at radius 3 is 2.62 bits per heavy atom. The Morgan fingerprint density at radius 1 is 1.10 bits per heavy atom. The molecule has 0 radical (unpaired) electrons. The van der Waals surface area contributed by atoms with Gasteiger partial charge in [-0.3, -0.25) is 4.79 Å². The van der Waals surface area contributed by atoms with Gasteiger partial charge in [0, 0.05) is 37.7 Å². The van der Waals surface area contributed by atoms with Crippen LogP contribution in [-0.4, -0.2) is 51.7 Å². The monoisotopic (exact) mass is 404 g/mol. The molecule has 0 spiro atoms. The number of carbonyl (C=O) groups excluding carboxylic acids is 1. The minimum Gasteiger partial charge on any atom is -0.339 e. The first-order chi connectivity index (χ1) is 13.8. The Morgan fingerprint density at radius 2 is 1.90 bits per heavy atom. The van der Waals surface area contributed by atoms with E-state index in [0.29, 0.717) is 42.9 Å². The molecule has 1 aromatic heterocycles. The van der Waals surface area contributed by atoms with Crippen LogP contribution in [0, 0.1) is 0 Å². The van der Waals surface area contributed by atoms with Crippen LogP contribution in [0.15, 0.2) is 18.2 Å². The van der Waals surface area contributed by atoms with E-state index in [1.807, 2.05) is 35.0 Å². The molecule has 5 rings (SSSR count). The lowest BCUT2D eigenvalue weighted by Gasteiger charge is -2.24. The van der Waals surface area contributed by atoms with Crippen molar-refractivity contribution in [2.45, 2.75) is 50.9 Å². The summed E-state index contributed by atoms with van der Waals surface area (Å²) in [7, 11) is 1.91. The van der Waals surface area contributed by atoms with Gasteiger partial charge in [-0.2, -0.15) is 18.3 Å². The number of aromatic nitrogens is 2. The highest BCUT2D eigenvalue weighted by Crippen LogP contribution is 2.37. The van der Waals surface area contributed by atoms with Crippen LogP contribution in [-0.2, 0) is 36.8 Å². The maximum Gasteiger partial charge on any atom is 0.435 e. The molecule has 2 aliphatic heterocycles. The zero-order valence-corrected chi connectivity index (χ0v) is 16.3. The number of fused-ring (bicyclic) bond motifs is 2.